The van der Waals surface area contributed by atoms with Crippen molar-refractivity contribution >= 4 is 12.4 Å². The normalized spacial score (nSPS) is 20.8. The summed E-state index contributed by atoms with van der Waals surface area (Å²) in [5.41, 5.74) is 1.46. The first-order valence-corrected chi connectivity index (χ1v) is 5.51. The summed E-state index contributed by atoms with van der Waals surface area (Å²) in [6.07, 6.45) is -6.48. The zero-order chi connectivity index (χ0) is 12.6. The average molecular weight is 282 g/mol. The highest BCUT2D eigenvalue weighted by molar-refractivity contribution is 5.85. The molecule has 18 heavy (non-hydrogen) atoms. The van der Waals surface area contributed by atoms with Crippen molar-refractivity contribution in [2.45, 2.75) is 31.7 Å². The molecule has 0 fully saturated rings. The SMILES string of the molecule is C[C@@H]1NCCc2c1cccc2[C@H](O)C(F)(F)F.Cl. The smallest absolute Gasteiger partial charge is 0.379 e. The molecule has 1 aromatic carbocycles. The van der Waals surface area contributed by atoms with E-state index in [0.29, 0.717) is 18.5 Å². The van der Waals surface area contributed by atoms with Gasteiger partial charge in [0.25, 0.3) is 0 Å². The first kappa shape index (κ1) is 15.3. The van der Waals surface area contributed by atoms with Crippen LogP contribution in [0.5, 0.6) is 0 Å². The van der Waals surface area contributed by atoms with E-state index in [0.717, 1.165) is 5.56 Å². The predicted octanol–water partition coefficient (Wildman–Crippen LogP) is 2.91. The maximum atomic E-state index is 12.5. The number of fused-ring (bicyclic) bond motifs is 1. The van der Waals surface area contributed by atoms with Crippen molar-refractivity contribution in [2.24, 2.45) is 0 Å². The van der Waals surface area contributed by atoms with Crippen LogP contribution in [0, 0.1) is 0 Å². The van der Waals surface area contributed by atoms with E-state index in [-0.39, 0.29) is 24.0 Å². The van der Waals surface area contributed by atoms with Gasteiger partial charge >= 0.3 is 6.18 Å². The molecule has 0 saturated heterocycles. The molecule has 0 spiro atoms. The number of aliphatic hydroxyl groups excluding tert-OH is 1. The van der Waals surface area contributed by atoms with Crippen LogP contribution < -0.4 is 5.32 Å². The number of benzene rings is 1. The summed E-state index contributed by atoms with van der Waals surface area (Å²) in [6, 6.07) is 4.75. The Balaban J connectivity index is 0.00000162. The molecule has 0 amide bonds. The minimum Gasteiger partial charge on any atom is -0.379 e. The molecule has 1 aromatic rings. The van der Waals surface area contributed by atoms with E-state index in [1.165, 1.54) is 6.07 Å². The molecule has 2 nitrogen and oxygen atoms in total. The molecule has 0 unspecified atom stereocenters. The second kappa shape index (κ2) is 5.47. The highest BCUT2D eigenvalue weighted by Crippen LogP contribution is 2.37. The van der Waals surface area contributed by atoms with Crippen molar-refractivity contribution in [3.05, 3.63) is 34.9 Å². The number of hydrogen-bond acceptors (Lipinski definition) is 2. The van der Waals surface area contributed by atoms with Crippen molar-refractivity contribution in [1.82, 2.24) is 5.32 Å². The third-order valence-electron chi connectivity index (χ3n) is 3.15. The first-order valence-electron chi connectivity index (χ1n) is 5.51. The van der Waals surface area contributed by atoms with Gasteiger partial charge in [0.15, 0.2) is 6.10 Å². The van der Waals surface area contributed by atoms with Crippen LogP contribution in [0.2, 0.25) is 0 Å². The lowest BCUT2D eigenvalue weighted by Gasteiger charge is -2.28. The molecule has 2 N–H and O–H groups in total. The summed E-state index contributed by atoms with van der Waals surface area (Å²) in [5, 5.41) is 12.5. The van der Waals surface area contributed by atoms with Gasteiger partial charge in [-0.25, -0.2) is 0 Å². The number of nitrogens with one attached hydrogen (secondary N) is 1. The van der Waals surface area contributed by atoms with Crippen molar-refractivity contribution in [2.75, 3.05) is 6.54 Å². The standard InChI is InChI=1S/C12H14F3NO.ClH/c1-7-8-3-2-4-10(9(8)5-6-16-7)11(17)12(13,14)15;/h2-4,7,11,16-17H,5-6H2,1H3;1H/t7-,11-;/m0./s1. The van der Waals surface area contributed by atoms with Crippen LogP contribution in [0.3, 0.4) is 0 Å². The van der Waals surface area contributed by atoms with E-state index in [9.17, 15) is 18.3 Å². The zero-order valence-corrected chi connectivity index (χ0v) is 10.6. The van der Waals surface area contributed by atoms with Gasteiger partial charge in [-0.1, -0.05) is 18.2 Å². The first-order chi connectivity index (χ1) is 7.91. The lowest BCUT2D eigenvalue weighted by atomic mass is 9.89. The fourth-order valence-electron chi connectivity index (χ4n) is 2.27. The van der Waals surface area contributed by atoms with Gasteiger partial charge in [-0.2, -0.15) is 13.2 Å². The fourth-order valence-corrected chi connectivity index (χ4v) is 2.27. The van der Waals surface area contributed by atoms with E-state index in [1.807, 2.05) is 6.92 Å². The zero-order valence-electron chi connectivity index (χ0n) is 9.79. The average Bonchev–Trinajstić information content (AvgIpc) is 2.27. The molecule has 6 heteroatoms. The van der Waals surface area contributed by atoms with Crippen LogP contribution in [-0.2, 0) is 6.42 Å². The molecule has 2 rings (SSSR count). The number of halogens is 4. The Labute approximate surface area is 110 Å². The third kappa shape index (κ3) is 2.79. The van der Waals surface area contributed by atoms with E-state index < -0.39 is 12.3 Å². The molecular weight excluding hydrogens is 267 g/mol. The number of hydrogen-bond donors (Lipinski definition) is 2. The molecule has 102 valence electrons. The fraction of sp³-hybridized carbons (Fsp3) is 0.500. The minimum absolute atomic E-state index is 0. The Morgan fingerprint density at radius 3 is 2.67 bits per heavy atom. The molecule has 1 aliphatic rings. The van der Waals surface area contributed by atoms with Gasteiger partial charge in [-0.3, -0.25) is 0 Å². The van der Waals surface area contributed by atoms with Crippen LogP contribution >= 0.6 is 12.4 Å². The van der Waals surface area contributed by atoms with Gasteiger partial charge in [0.2, 0.25) is 0 Å². The molecule has 0 radical (unpaired) electrons. The summed E-state index contributed by atoms with van der Waals surface area (Å²) in [7, 11) is 0. The van der Waals surface area contributed by atoms with Crippen molar-refractivity contribution in [3.8, 4) is 0 Å². The highest BCUT2D eigenvalue weighted by atomic mass is 35.5. The van der Waals surface area contributed by atoms with Gasteiger partial charge < -0.3 is 10.4 Å². The van der Waals surface area contributed by atoms with Crippen LogP contribution in [0.25, 0.3) is 0 Å². The summed E-state index contributed by atoms with van der Waals surface area (Å²) < 4.78 is 37.6. The Bertz CT molecular complexity index is 422. The van der Waals surface area contributed by atoms with Gasteiger partial charge in [0.1, 0.15) is 0 Å². The molecule has 0 saturated carbocycles. The Morgan fingerprint density at radius 1 is 1.39 bits per heavy atom. The van der Waals surface area contributed by atoms with E-state index in [4.69, 9.17) is 0 Å². The monoisotopic (exact) mass is 281 g/mol. The van der Waals surface area contributed by atoms with E-state index >= 15 is 0 Å². The molecule has 1 heterocycles. The second-order valence-electron chi connectivity index (χ2n) is 4.28. The Kier molecular flexibility index (Phi) is 4.64. The minimum atomic E-state index is -4.61. The molecule has 1 aliphatic heterocycles. The Hall–Kier alpha value is -0.780. The van der Waals surface area contributed by atoms with Gasteiger partial charge in [-0.05, 0) is 36.6 Å². The topological polar surface area (TPSA) is 32.3 Å². The van der Waals surface area contributed by atoms with E-state index in [1.54, 1.807) is 12.1 Å². The lowest BCUT2D eigenvalue weighted by molar-refractivity contribution is -0.207. The third-order valence-corrected chi connectivity index (χ3v) is 3.15. The summed E-state index contributed by atoms with van der Waals surface area (Å²) in [4.78, 5) is 0. The molecule has 0 bridgehead atoms. The number of rotatable bonds is 1. The van der Waals surface area contributed by atoms with Crippen LogP contribution in [0.15, 0.2) is 18.2 Å². The van der Waals surface area contributed by atoms with Gasteiger partial charge in [0.05, 0.1) is 0 Å². The maximum absolute atomic E-state index is 12.5. The largest absolute Gasteiger partial charge is 0.418 e. The second-order valence-corrected chi connectivity index (χ2v) is 4.28. The van der Waals surface area contributed by atoms with Crippen LogP contribution in [-0.4, -0.2) is 17.8 Å². The number of alkyl halides is 3. The van der Waals surface area contributed by atoms with Gasteiger partial charge in [-0.15, -0.1) is 12.4 Å². The van der Waals surface area contributed by atoms with E-state index in [2.05, 4.69) is 5.32 Å². The lowest BCUT2D eigenvalue weighted by Crippen LogP contribution is -2.30. The molecular formula is C12H15ClF3NO. The van der Waals surface area contributed by atoms with Crippen LogP contribution in [0.1, 0.15) is 35.8 Å². The van der Waals surface area contributed by atoms with Crippen molar-refractivity contribution < 1.29 is 18.3 Å². The molecule has 0 aliphatic carbocycles. The summed E-state index contributed by atoms with van der Waals surface area (Å²) in [6.45, 7) is 2.54. The quantitative estimate of drug-likeness (QED) is 0.830. The molecule has 2 atom stereocenters. The summed E-state index contributed by atoms with van der Waals surface area (Å²) >= 11 is 0. The predicted molar refractivity (Wildman–Crippen MR) is 64.8 cm³/mol. The van der Waals surface area contributed by atoms with Crippen LogP contribution in [0.4, 0.5) is 13.2 Å². The highest BCUT2D eigenvalue weighted by Gasteiger charge is 2.41. The summed E-state index contributed by atoms with van der Waals surface area (Å²) in [5.74, 6) is 0. The molecule has 0 aromatic heterocycles. The van der Waals surface area contributed by atoms with Crippen molar-refractivity contribution in [1.29, 1.82) is 0 Å². The maximum Gasteiger partial charge on any atom is 0.418 e. The van der Waals surface area contributed by atoms with Gasteiger partial charge in [0, 0.05) is 6.04 Å². The van der Waals surface area contributed by atoms with Crippen molar-refractivity contribution in [3.63, 3.8) is 0 Å². The number of aliphatic hydroxyl groups is 1. The Morgan fingerprint density at radius 2 is 2.06 bits per heavy atom.